The molecule has 6 heteroatoms. The highest BCUT2D eigenvalue weighted by atomic mass is 35.5. The first-order valence-corrected chi connectivity index (χ1v) is 6.15. The third-order valence-electron chi connectivity index (χ3n) is 2.20. The van der Waals surface area contributed by atoms with Gasteiger partial charge in [0.15, 0.2) is 0 Å². The van der Waals surface area contributed by atoms with Crippen molar-refractivity contribution in [3.8, 4) is 0 Å². The van der Waals surface area contributed by atoms with Gasteiger partial charge in [-0.2, -0.15) is 0 Å². The molecule has 0 aliphatic carbocycles. The van der Waals surface area contributed by atoms with Crippen LogP contribution in [0.25, 0.3) is 0 Å². The molecule has 0 aliphatic rings. The fourth-order valence-electron chi connectivity index (χ4n) is 1.35. The molecule has 2 N–H and O–H groups in total. The summed E-state index contributed by atoms with van der Waals surface area (Å²) >= 11 is 16.6. The van der Waals surface area contributed by atoms with Crippen LogP contribution < -0.4 is 5.73 Å². The molecule has 0 aliphatic heterocycles. The van der Waals surface area contributed by atoms with E-state index in [1.165, 1.54) is 4.90 Å². The zero-order valence-electron chi connectivity index (χ0n) is 9.24. The van der Waals surface area contributed by atoms with Crippen molar-refractivity contribution < 1.29 is 4.79 Å². The van der Waals surface area contributed by atoms with Crippen LogP contribution in [-0.2, 0) is 0 Å². The molecule has 0 heterocycles. The maximum Gasteiger partial charge on any atom is 0.255 e. The third-order valence-corrected chi connectivity index (χ3v) is 3.15. The maximum atomic E-state index is 12.2. The lowest BCUT2D eigenvalue weighted by molar-refractivity contribution is 0.0788. The van der Waals surface area contributed by atoms with Crippen LogP contribution in [0.3, 0.4) is 0 Å². The summed E-state index contributed by atoms with van der Waals surface area (Å²) in [5.41, 5.74) is 5.79. The Kier molecular flexibility index (Phi) is 5.18. The van der Waals surface area contributed by atoms with Crippen LogP contribution in [0, 0.1) is 0 Å². The van der Waals surface area contributed by atoms with E-state index in [-0.39, 0.29) is 22.5 Å². The maximum absolute atomic E-state index is 12.2. The van der Waals surface area contributed by atoms with Gasteiger partial charge in [0, 0.05) is 6.54 Å². The SMILES string of the molecule is CCN(CC(N)=S)C(=O)c1cccc(Cl)c1Cl. The minimum Gasteiger partial charge on any atom is -0.392 e. The number of hydrogen-bond acceptors (Lipinski definition) is 2. The number of thiocarbonyl (C=S) groups is 1. The number of benzene rings is 1. The summed E-state index contributed by atoms with van der Waals surface area (Å²) in [4.78, 5) is 13.9. The average Bonchev–Trinajstić information content (AvgIpc) is 2.28. The molecule has 17 heavy (non-hydrogen) atoms. The van der Waals surface area contributed by atoms with E-state index in [9.17, 15) is 4.79 Å². The van der Waals surface area contributed by atoms with Gasteiger partial charge in [-0.3, -0.25) is 4.79 Å². The van der Waals surface area contributed by atoms with Gasteiger partial charge in [-0.25, -0.2) is 0 Å². The third kappa shape index (κ3) is 3.56. The Balaban J connectivity index is 3.02. The summed E-state index contributed by atoms with van der Waals surface area (Å²) in [6.45, 7) is 2.57. The van der Waals surface area contributed by atoms with E-state index in [1.807, 2.05) is 6.92 Å². The Hall–Kier alpha value is -0.840. The van der Waals surface area contributed by atoms with Gasteiger partial charge >= 0.3 is 0 Å². The van der Waals surface area contributed by atoms with Crippen molar-refractivity contribution in [2.75, 3.05) is 13.1 Å². The smallest absolute Gasteiger partial charge is 0.255 e. The Morgan fingerprint density at radius 1 is 1.47 bits per heavy atom. The Labute approximate surface area is 115 Å². The number of halogens is 2. The zero-order chi connectivity index (χ0) is 13.0. The molecule has 1 aromatic carbocycles. The van der Waals surface area contributed by atoms with Crippen LogP contribution in [0.2, 0.25) is 10.0 Å². The summed E-state index contributed by atoms with van der Waals surface area (Å²) in [7, 11) is 0. The van der Waals surface area contributed by atoms with E-state index in [4.69, 9.17) is 41.2 Å². The van der Waals surface area contributed by atoms with Crippen LogP contribution in [0.1, 0.15) is 17.3 Å². The highest BCUT2D eigenvalue weighted by molar-refractivity contribution is 7.80. The summed E-state index contributed by atoms with van der Waals surface area (Å²) in [5.74, 6) is -0.229. The molecule has 0 fully saturated rings. The van der Waals surface area contributed by atoms with Gasteiger partial charge in [-0.1, -0.05) is 41.5 Å². The molecular formula is C11H12Cl2N2OS. The first-order chi connectivity index (χ1) is 7.97. The highest BCUT2D eigenvalue weighted by Gasteiger charge is 2.18. The van der Waals surface area contributed by atoms with Crippen LogP contribution in [-0.4, -0.2) is 28.9 Å². The van der Waals surface area contributed by atoms with Gasteiger partial charge in [0.25, 0.3) is 5.91 Å². The van der Waals surface area contributed by atoms with Gasteiger partial charge < -0.3 is 10.6 Å². The molecule has 0 saturated carbocycles. The summed E-state index contributed by atoms with van der Waals surface area (Å²) in [6.07, 6.45) is 0. The van der Waals surface area contributed by atoms with Gasteiger partial charge in [0.05, 0.1) is 27.1 Å². The second-order valence-electron chi connectivity index (χ2n) is 3.39. The number of hydrogen-bond donors (Lipinski definition) is 1. The molecule has 1 amide bonds. The fourth-order valence-corrected chi connectivity index (χ4v) is 1.89. The lowest BCUT2D eigenvalue weighted by Gasteiger charge is -2.20. The van der Waals surface area contributed by atoms with E-state index in [0.717, 1.165) is 0 Å². The van der Waals surface area contributed by atoms with Crippen molar-refractivity contribution in [3.63, 3.8) is 0 Å². The number of nitrogens with two attached hydrogens (primary N) is 1. The lowest BCUT2D eigenvalue weighted by atomic mass is 10.2. The van der Waals surface area contributed by atoms with Crippen molar-refractivity contribution in [1.82, 2.24) is 4.90 Å². The minimum atomic E-state index is -0.229. The van der Waals surface area contributed by atoms with Crippen LogP contribution >= 0.6 is 35.4 Å². The number of rotatable bonds is 4. The number of carbonyl (C=O) groups is 1. The van der Waals surface area contributed by atoms with Crippen molar-refractivity contribution in [2.24, 2.45) is 5.73 Å². The van der Waals surface area contributed by atoms with Crippen molar-refractivity contribution in [3.05, 3.63) is 33.8 Å². The quantitative estimate of drug-likeness (QED) is 0.868. The predicted octanol–water partition coefficient (Wildman–Crippen LogP) is 2.74. The second kappa shape index (κ2) is 6.19. The molecule has 3 nitrogen and oxygen atoms in total. The second-order valence-corrected chi connectivity index (χ2v) is 4.70. The summed E-state index contributed by atoms with van der Waals surface area (Å²) in [6, 6.07) is 4.93. The van der Waals surface area contributed by atoms with E-state index in [1.54, 1.807) is 18.2 Å². The molecule has 0 saturated heterocycles. The molecule has 0 bridgehead atoms. The number of nitrogens with zero attached hydrogens (tertiary/aromatic N) is 1. The molecule has 0 unspecified atom stereocenters. The van der Waals surface area contributed by atoms with Crippen molar-refractivity contribution in [2.45, 2.75) is 6.92 Å². The normalized spacial score (nSPS) is 10.1. The van der Waals surface area contributed by atoms with Gasteiger partial charge in [-0.05, 0) is 19.1 Å². The average molecular weight is 291 g/mol. The molecule has 92 valence electrons. The van der Waals surface area contributed by atoms with Gasteiger partial charge in [0.2, 0.25) is 0 Å². The number of carbonyl (C=O) groups excluding carboxylic acids is 1. The van der Waals surface area contributed by atoms with E-state index in [0.29, 0.717) is 17.1 Å². The predicted molar refractivity (Wildman–Crippen MR) is 74.8 cm³/mol. The van der Waals surface area contributed by atoms with Crippen molar-refractivity contribution >= 4 is 46.3 Å². The first-order valence-electron chi connectivity index (χ1n) is 4.99. The standard InChI is InChI=1S/C11H12Cl2N2OS/c1-2-15(6-9(14)17)11(16)7-4-3-5-8(12)10(7)13/h3-5H,2,6H2,1H3,(H2,14,17). The molecule has 0 spiro atoms. The molecule has 0 aromatic heterocycles. The highest BCUT2D eigenvalue weighted by Crippen LogP contribution is 2.26. The Bertz CT molecular complexity index is 451. The van der Waals surface area contributed by atoms with E-state index in [2.05, 4.69) is 0 Å². The summed E-state index contributed by atoms with van der Waals surface area (Å²) < 4.78 is 0. The molecule has 0 atom stereocenters. The molecular weight excluding hydrogens is 279 g/mol. The monoisotopic (exact) mass is 290 g/mol. The summed E-state index contributed by atoms with van der Waals surface area (Å²) in [5, 5.41) is 0.601. The Morgan fingerprint density at radius 2 is 2.12 bits per heavy atom. The zero-order valence-corrected chi connectivity index (χ0v) is 11.6. The molecule has 1 aromatic rings. The van der Waals surface area contributed by atoms with E-state index >= 15 is 0 Å². The minimum absolute atomic E-state index is 0.229. The number of amides is 1. The largest absolute Gasteiger partial charge is 0.392 e. The number of likely N-dealkylation sites (N-methyl/N-ethyl adjacent to an activating group) is 1. The lowest BCUT2D eigenvalue weighted by Crippen LogP contribution is -2.37. The Morgan fingerprint density at radius 3 is 2.65 bits per heavy atom. The van der Waals surface area contributed by atoms with Crippen LogP contribution in [0.5, 0.6) is 0 Å². The molecule has 0 radical (unpaired) electrons. The first kappa shape index (κ1) is 14.2. The van der Waals surface area contributed by atoms with Crippen LogP contribution in [0.15, 0.2) is 18.2 Å². The fraction of sp³-hybridized carbons (Fsp3) is 0.273. The van der Waals surface area contributed by atoms with Gasteiger partial charge in [-0.15, -0.1) is 0 Å². The topological polar surface area (TPSA) is 46.3 Å². The van der Waals surface area contributed by atoms with Crippen LogP contribution in [0.4, 0.5) is 0 Å². The van der Waals surface area contributed by atoms with E-state index < -0.39 is 0 Å². The molecule has 1 rings (SSSR count). The van der Waals surface area contributed by atoms with Gasteiger partial charge in [0.1, 0.15) is 0 Å². The van der Waals surface area contributed by atoms with Crippen molar-refractivity contribution in [1.29, 1.82) is 0 Å².